The molecule has 134 valence electrons. The first kappa shape index (κ1) is 16.9. The van der Waals surface area contributed by atoms with E-state index in [1.807, 2.05) is 0 Å². The third-order valence-electron chi connectivity index (χ3n) is 4.17. The Morgan fingerprint density at radius 3 is 2.96 bits per heavy atom. The fourth-order valence-corrected chi connectivity index (χ4v) is 3.95. The third kappa shape index (κ3) is 3.51. The molecule has 1 N–H and O–H groups in total. The molecule has 8 heteroatoms. The molecule has 0 radical (unpaired) electrons. The van der Waals surface area contributed by atoms with Gasteiger partial charge in [0.05, 0.1) is 12.0 Å². The maximum Gasteiger partial charge on any atom is 0.293 e. The van der Waals surface area contributed by atoms with Crippen LogP contribution >= 0.6 is 11.3 Å². The molecular formula is C18H15F2N3O2S. The molecule has 0 atom stereocenters. The number of hydrogen-bond acceptors (Lipinski definition) is 5. The molecule has 0 saturated heterocycles. The van der Waals surface area contributed by atoms with Crippen LogP contribution in [-0.4, -0.2) is 22.3 Å². The Labute approximate surface area is 152 Å². The number of fused-ring (bicyclic) bond motifs is 1. The summed E-state index contributed by atoms with van der Waals surface area (Å²) in [6, 6.07) is 7.21. The largest absolute Gasteiger partial charge is 0.459 e. The normalized spacial score (nSPS) is 14.2. The SMILES string of the molecule is O=C(Nc1nc2c(s1)CN(Cc1ccc(F)c(F)c1)CC2)c1ccco1. The molecule has 0 unspecified atom stereocenters. The number of anilines is 1. The van der Waals surface area contributed by atoms with Crippen molar-refractivity contribution >= 4 is 22.4 Å². The first-order valence-electron chi connectivity index (χ1n) is 8.08. The quantitative estimate of drug-likeness (QED) is 0.753. The van der Waals surface area contributed by atoms with E-state index in [2.05, 4.69) is 15.2 Å². The number of rotatable bonds is 4. The summed E-state index contributed by atoms with van der Waals surface area (Å²) in [4.78, 5) is 19.7. The monoisotopic (exact) mass is 375 g/mol. The molecule has 26 heavy (non-hydrogen) atoms. The first-order chi connectivity index (χ1) is 12.6. The fraction of sp³-hybridized carbons (Fsp3) is 0.222. The van der Waals surface area contributed by atoms with Gasteiger partial charge in [0.1, 0.15) is 0 Å². The number of thiazole rings is 1. The van der Waals surface area contributed by atoms with Crippen LogP contribution in [-0.2, 0) is 19.5 Å². The lowest BCUT2D eigenvalue weighted by molar-refractivity contribution is 0.0996. The lowest BCUT2D eigenvalue weighted by Gasteiger charge is -2.25. The Morgan fingerprint density at radius 2 is 2.19 bits per heavy atom. The summed E-state index contributed by atoms with van der Waals surface area (Å²) in [5, 5.41) is 3.28. The number of halogens is 2. The van der Waals surface area contributed by atoms with Crippen LogP contribution in [0.5, 0.6) is 0 Å². The van der Waals surface area contributed by atoms with Crippen molar-refractivity contribution in [3.63, 3.8) is 0 Å². The van der Waals surface area contributed by atoms with Crippen LogP contribution < -0.4 is 5.32 Å². The second kappa shape index (κ2) is 6.97. The predicted molar refractivity (Wildman–Crippen MR) is 93.0 cm³/mol. The Bertz CT molecular complexity index is 940. The minimum atomic E-state index is -0.839. The molecule has 1 aromatic carbocycles. The van der Waals surface area contributed by atoms with Gasteiger partial charge in [0.2, 0.25) is 0 Å². The van der Waals surface area contributed by atoms with Gasteiger partial charge in [-0.1, -0.05) is 6.07 Å². The number of nitrogens with one attached hydrogen (secondary N) is 1. The highest BCUT2D eigenvalue weighted by molar-refractivity contribution is 7.15. The van der Waals surface area contributed by atoms with E-state index >= 15 is 0 Å². The third-order valence-corrected chi connectivity index (χ3v) is 5.16. The smallest absolute Gasteiger partial charge is 0.293 e. The Hall–Kier alpha value is -2.58. The standard InChI is InChI=1S/C18H15F2N3O2S/c19-12-4-3-11(8-13(12)20)9-23-6-5-14-16(10-23)26-18(21-14)22-17(24)15-2-1-7-25-15/h1-4,7-8H,5-6,9-10H2,(H,21,22,24). The van der Waals surface area contributed by atoms with Gasteiger partial charge in [-0.3, -0.25) is 15.0 Å². The van der Waals surface area contributed by atoms with Gasteiger partial charge in [0, 0.05) is 30.9 Å². The molecule has 0 saturated carbocycles. The molecule has 5 nitrogen and oxygen atoms in total. The van der Waals surface area contributed by atoms with E-state index in [0.717, 1.165) is 35.2 Å². The van der Waals surface area contributed by atoms with Gasteiger partial charge in [0.15, 0.2) is 22.5 Å². The molecular weight excluding hydrogens is 360 g/mol. The second-order valence-electron chi connectivity index (χ2n) is 6.03. The summed E-state index contributed by atoms with van der Waals surface area (Å²) >= 11 is 1.42. The number of benzene rings is 1. The average molecular weight is 375 g/mol. The van der Waals surface area contributed by atoms with Gasteiger partial charge >= 0.3 is 0 Å². The van der Waals surface area contributed by atoms with Crippen molar-refractivity contribution in [3.8, 4) is 0 Å². The van der Waals surface area contributed by atoms with Gasteiger partial charge in [-0.2, -0.15) is 0 Å². The Kier molecular flexibility index (Phi) is 4.52. The summed E-state index contributed by atoms with van der Waals surface area (Å²) in [6.07, 6.45) is 2.18. The van der Waals surface area contributed by atoms with E-state index in [4.69, 9.17) is 4.42 Å². The minimum Gasteiger partial charge on any atom is -0.459 e. The number of furan rings is 1. The maximum absolute atomic E-state index is 13.4. The maximum atomic E-state index is 13.4. The molecule has 0 fully saturated rings. The number of carbonyl (C=O) groups is 1. The van der Waals surface area contributed by atoms with Crippen molar-refractivity contribution in [1.82, 2.24) is 9.88 Å². The Morgan fingerprint density at radius 1 is 1.31 bits per heavy atom. The molecule has 2 aromatic heterocycles. The van der Waals surface area contributed by atoms with Crippen molar-refractivity contribution in [2.45, 2.75) is 19.5 Å². The van der Waals surface area contributed by atoms with Gasteiger partial charge < -0.3 is 4.42 Å². The number of carbonyl (C=O) groups excluding carboxylic acids is 1. The fourth-order valence-electron chi connectivity index (χ4n) is 2.90. The van der Waals surface area contributed by atoms with E-state index in [9.17, 15) is 13.6 Å². The predicted octanol–water partition coefficient (Wildman–Crippen LogP) is 3.82. The zero-order valence-corrected chi connectivity index (χ0v) is 14.5. The zero-order chi connectivity index (χ0) is 18.1. The van der Waals surface area contributed by atoms with Gasteiger partial charge in [-0.25, -0.2) is 13.8 Å². The van der Waals surface area contributed by atoms with Crippen LogP contribution in [0.2, 0.25) is 0 Å². The van der Waals surface area contributed by atoms with Crippen LogP contribution in [0.25, 0.3) is 0 Å². The van der Waals surface area contributed by atoms with Crippen LogP contribution in [0.3, 0.4) is 0 Å². The van der Waals surface area contributed by atoms with Crippen LogP contribution in [0.15, 0.2) is 41.0 Å². The molecule has 3 heterocycles. The highest BCUT2D eigenvalue weighted by Gasteiger charge is 2.22. The number of hydrogen-bond donors (Lipinski definition) is 1. The first-order valence-corrected chi connectivity index (χ1v) is 8.90. The summed E-state index contributed by atoms with van der Waals surface area (Å²) in [6.45, 7) is 1.95. The molecule has 1 amide bonds. The highest BCUT2D eigenvalue weighted by atomic mass is 32.1. The molecule has 1 aliphatic heterocycles. The molecule has 1 aliphatic rings. The number of aromatic nitrogens is 1. The van der Waals surface area contributed by atoms with Crippen molar-refractivity contribution in [3.05, 3.63) is 70.1 Å². The minimum absolute atomic E-state index is 0.234. The van der Waals surface area contributed by atoms with Gasteiger partial charge in [-0.05, 0) is 29.8 Å². The van der Waals surface area contributed by atoms with E-state index in [-0.39, 0.29) is 11.7 Å². The lowest BCUT2D eigenvalue weighted by atomic mass is 10.1. The number of amides is 1. The van der Waals surface area contributed by atoms with Crippen LogP contribution in [0.4, 0.5) is 13.9 Å². The van der Waals surface area contributed by atoms with Crippen LogP contribution in [0, 0.1) is 11.6 Å². The molecule has 3 aromatic rings. The highest BCUT2D eigenvalue weighted by Crippen LogP contribution is 2.29. The van der Waals surface area contributed by atoms with E-state index < -0.39 is 11.6 Å². The lowest BCUT2D eigenvalue weighted by Crippen LogP contribution is -2.29. The number of nitrogens with zero attached hydrogens (tertiary/aromatic N) is 2. The van der Waals surface area contributed by atoms with Crippen molar-refractivity contribution in [2.75, 3.05) is 11.9 Å². The van der Waals surface area contributed by atoms with E-state index in [1.165, 1.54) is 23.7 Å². The summed E-state index contributed by atoms with van der Waals surface area (Å²) in [5.41, 5.74) is 1.69. The van der Waals surface area contributed by atoms with E-state index in [1.54, 1.807) is 18.2 Å². The van der Waals surface area contributed by atoms with E-state index in [0.29, 0.717) is 18.2 Å². The van der Waals surface area contributed by atoms with Crippen molar-refractivity contribution in [2.24, 2.45) is 0 Å². The zero-order valence-electron chi connectivity index (χ0n) is 13.7. The Balaban J connectivity index is 1.43. The average Bonchev–Trinajstić information content (AvgIpc) is 3.27. The molecule has 0 spiro atoms. The van der Waals surface area contributed by atoms with Crippen molar-refractivity contribution in [1.29, 1.82) is 0 Å². The summed E-state index contributed by atoms with van der Waals surface area (Å²) < 4.78 is 31.5. The molecule has 0 bridgehead atoms. The summed E-state index contributed by atoms with van der Waals surface area (Å²) in [7, 11) is 0. The van der Waals surface area contributed by atoms with Crippen LogP contribution in [0.1, 0.15) is 26.7 Å². The van der Waals surface area contributed by atoms with Gasteiger partial charge in [0.25, 0.3) is 5.91 Å². The van der Waals surface area contributed by atoms with Gasteiger partial charge in [-0.15, -0.1) is 11.3 Å². The topological polar surface area (TPSA) is 58.4 Å². The second-order valence-corrected chi connectivity index (χ2v) is 7.11. The van der Waals surface area contributed by atoms with Crippen molar-refractivity contribution < 1.29 is 18.0 Å². The molecule has 0 aliphatic carbocycles. The molecule has 4 rings (SSSR count). The summed E-state index contributed by atoms with van der Waals surface area (Å²) in [5.74, 6) is -1.77.